The minimum Gasteiger partial charge on any atom is -0.507 e. The van der Waals surface area contributed by atoms with Gasteiger partial charge in [0.25, 0.3) is 5.91 Å². The van der Waals surface area contributed by atoms with Crippen LogP contribution < -0.4 is 5.32 Å². The first-order valence-electron chi connectivity index (χ1n) is 7.40. The highest BCUT2D eigenvalue weighted by Gasteiger charge is 2.15. The van der Waals surface area contributed by atoms with Gasteiger partial charge >= 0.3 is 5.97 Å². The lowest BCUT2D eigenvalue weighted by Crippen LogP contribution is -2.13. The maximum absolute atomic E-state index is 12.5. The van der Waals surface area contributed by atoms with Gasteiger partial charge in [0.05, 0.1) is 28.9 Å². The predicted molar refractivity (Wildman–Crippen MR) is 96.4 cm³/mol. The van der Waals surface area contributed by atoms with Gasteiger partial charge in [-0.2, -0.15) is 0 Å². The second-order valence-corrected chi connectivity index (χ2v) is 5.76. The van der Waals surface area contributed by atoms with Gasteiger partial charge < -0.3 is 15.2 Å². The van der Waals surface area contributed by atoms with Crippen LogP contribution in [0.25, 0.3) is 10.8 Å². The van der Waals surface area contributed by atoms with E-state index in [0.717, 1.165) is 10.8 Å². The lowest BCUT2D eigenvalue weighted by Gasteiger charge is -2.10. The quantitative estimate of drug-likeness (QED) is 0.689. The van der Waals surface area contributed by atoms with Crippen LogP contribution in [0.2, 0.25) is 5.02 Å². The van der Waals surface area contributed by atoms with E-state index in [2.05, 4.69) is 10.1 Å². The van der Waals surface area contributed by atoms with Crippen LogP contribution in [0.3, 0.4) is 0 Å². The average Bonchev–Trinajstić information content (AvgIpc) is 2.62. The van der Waals surface area contributed by atoms with E-state index >= 15 is 0 Å². The summed E-state index contributed by atoms with van der Waals surface area (Å²) in [4.78, 5) is 24.0. The average molecular weight is 356 g/mol. The zero-order valence-electron chi connectivity index (χ0n) is 13.2. The number of methoxy groups -OCH3 is 1. The van der Waals surface area contributed by atoms with Crippen molar-refractivity contribution in [1.82, 2.24) is 0 Å². The number of amides is 1. The van der Waals surface area contributed by atoms with Gasteiger partial charge in [-0.3, -0.25) is 4.79 Å². The standard InChI is InChI=1S/C19H14ClNO4/c1-25-19(24)13-6-7-16(15(20)9-13)21-18(23)14-8-11-4-2-3-5-12(11)10-17(14)22/h2-10,22H,1H3,(H,21,23). The molecule has 0 atom stereocenters. The lowest BCUT2D eigenvalue weighted by molar-refractivity contribution is 0.0600. The number of halogens is 1. The highest BCUT2D eigenvalue weighted by atomic mass is 35.5. The number of benzene rings is 3. The number of phenolic OH excluding ortho intramolecular Hbond substituents is 1. The Bertz CT molecular complexity index is 984. The molecule has 6 heteroatoms. The van der Waals surface area contributed by atoms with Gasteiger partial charge in [-0.05, 0) is 41.1 Å². The molecule has 0 fully saturated rings. The number of aromatic hydroxyl groups is 1. The van der Waals surface area contributed by atoms with E-state index in [9.17, 15) is 14.7 Å². The zero-order valence-corrected chi connectivity index (χ0v) is 14.0. The van der Waals surface area contributed by atoms with Gasteiger partial charge in [0, 0.05) is 0 Å². The van der Waals surface area contributed by atoms with Gasteiger partial charge in [-0.25, -0.2) is 4.79 Å². The van der Waals surface area contributed by atoms with Crippen molar-refractivity contribution in [2.75, 3.05) is 12.4 Å². The van der Waals surface area contributed by atoms with E-state index in [4.69, 9.17) is 11.6 Å². The number of esters is 1. The number of carbonyl (C=O) groups is 2. The number of fused-ring (bicyclic) bond motifs is 1. The molecule has 0 unspecified atom stereocenters. The third-order valence-electron chi connectivity index (χ3n) is 3.75. The fraction of sp³-hybridized carbons (Fsp3) is 0.0526. The van der Waals surface area contributed by atoms with E-state index in [1.807, 2.05) is 24.3 Å². The summed E-state index contributed by atoms with van der Waals surface area (Å²) in [7, 11) is 1.27. The van der Waals surface area contributed by atoms with Crippen LogP contribution in [0.4, 0.5) is 5.69 Å². The van der Waals surface area contributed by atoms with Gasteiger partial charge in [-0.1, -0.05) is 35.9 Å². The fourth-order valence-corrected chi connectivity index (χ4v) is 2.69. The fourth-order valence-electron chi connectivity index (χ4n) is 2.46. The number of hydrogen-bond acceptors (Lipinski definition) is 4. The third kappa shape index (κ3) is 3.41. The van der Waals surface area contributed by atoms with Crippen molar-refractivity contribution in [2.24, 2.45) is 0 Å². The van der Waals surface area contributed by atoms with Crippen molar-refractivity contribution in [1.29, 1.82) is 0 Å². The molecule has 0 saturated heterocycles. The summed E-state index contributed by atoms with van der Waals surface area (Å²) in [5, 5.41) is 14.6. The number of rotatable bonds is 3. The van der Waals surface area contributed by atoms with Crippen LogP contribution in [0.5, 0.6) is 5.75 Å². The van der Waals surface area contributed by atoms with Crippen molar-refractivity contribution in [3.8, 4) is 5.75 Å². The second-order valence-electron chi connectivity index (χ2n) is 5.36. The number of ether oxygens (including phenoxy) is 1. The van der Waals surface area contributed by atoms with Gasteiger partial charge in [0.15, 0.2) is 0 Å². The normalized spacial score (nSPS) is 10.5. The molecule has 126 valence electrons. The Kier molecular flexibility index (Phi) is 4.59. The number of phenols is 1. The van der Waals surface area contributed by atoms with Crippen LogP contribution >= 0.6 is 11.6 Å². The maximum Gasteiger partial charge on any atom is 0.337 e. The summed E-state index contributed by atoms with van der Waals surface area (Å²) in [6.45, 7) is 0. The molecule has 0 aliphatic carbocycles. The van der Waals surface area contributed by atoms with Crippen LogP contribution in [0.1, 0.15) is 20.7 Å². The molecule has 0 saturated carbocycles. The first kappa shape index (κ1) is 16.8. The Morgan fingerprint density at radius 2 is 1.72 bits per heavy atom. The Labute approximate surface area is 148 Å². The minimum atomic E-state index is -0.521. The molecule has 3 aromatic rings. The molecule has 0 aliphatic heterocycles. The molecular weight excluding hydrogens is 342 g/mol. The Morgan fingerprint density at radius 1 is 1.04 bits per heavy atom. The summed E-state index contributed by atoms with van der Waals surface area (Å²) in [5.41, 5.74) is 0.734. The molecule has 3 aromatic carbocycles. The molecule has 25 heavy (non-hydrogen) atoms. The summed E-state index contributed by atoms with van der Waals surface area (Å²) in [6.07, 6.45) is 0. The second kappa shape index (κ2) is 6.83. The minimum absolute atomic E-state index is 0.126. The topological polar surface area (TPSA) is 75.6 Å². The smallest absolute Gasteiger partial charge is 0.337 e. The zero-order chi connectivity index (χ0) is 18.0. The molecule has 0 bridgehead atoms. The summed E-state index contributed by atoms with van der Waals surface area (Å²) < 4.78 is 4.62. The van der Waals surface area contributed by atoms with Gasteiger partial charge in [-0.15, -0.1) is 0 Å². The predicted octanol–water partition coefficient (Wildman–Crippen LogP) is 4.24. The molecule has 2 N–H and O–H groups in total. The molecule has 0 radical (unpaired) electrons. The van der Waals surface area contributed by atoms with Crippen LogP contribution in [-0.2, 0) is 4.74 Å². The van der Waals surface area contributed by atoms with E-state index in [1.165, 1.54) is 31.4 Å². The van der Waals surface area contributed by atoms with Gasteiger partial charge in [0.1, 0.15) is 5.75 Å². The van der Waals surface area contributed by atoms with E-state index in [0.29, 0.717) is 5.69 Å². The van der Waals surface area contributed by atoms with Crippen molar-refractivity contribution >= 4 is 39.9 Å². The first-order valence-corrected chi connectivity index (χ1v) is 7.78. The number of hydrogen-bond donors (Lipinski definition) is 2. The highest BCUT2D eigenvalue weighted by Crippen LogP contribution is 2.28. The number of nitrogens with one attached hydrogen (secondary N) is 1. The molecule has 0 spiro atoms. The SMILES string of the molecule is COC(=O)c1ccc(NC(=O)c2cc3ccccc3cc2O)c(Cl)c1. The summed E-state index contributed by atoms with van der Waals surface area (Å²) in [6, 6.07) is 14.9. The van der Waals surface area contributed by atoms with Crippen LogP contribution in [-0.4, -0.2) is 24.1 Å². The van der Waals surface area contributed by atoms with E-state index in [-0.39, 0.29) is 21.9 Å². The number of carbonyl (C=O) groups excluding carboxylic acids is 2. The van der Waals surface area contributed by atoms with E-state index < -0.39 is 11.9 Å². The lowest BCUT2D eigenvalue weighted by atomic mass is 10.1. The molecule has 0 aromatic heterocycles. The molecule has 0 heterocycles. The molecule has 0 aliphatic rings. The van der Waals surface area contributed by atoms with Crippen LogP contribution in [0, 0.1) is 0 Å². The number of anilines is 1. The van der Waals surface area contributed by atoms with Gasteiger partial charge in [0.2, 0.25) is 0 Å². The monoisotopic (exact) mass is 355 g/mol. The molecular formula is C19H14ClNO4. The largest absolute Gasteiger partial charge is 0.507 e. The van der Waals surface area contributed by atoms with E-state index in [1.54, 1.807) is 6.07 Å². The summed E-state index contributed by atoms with van der Waals surface area (Å²) in [5.74, 6) is -1.15. The third-order valence-corrected chi connectivity index (χ3v) is 4.06. The highest BCUT2D eigenvalue weighted by molar-refractivity contribution is 6.34. The summed E-state index contributed by atoms with van der Waals surface area (Å²) >= 11 is 6.11. The Balaban J connectivity index is 1.90. The first-order chi connectivity index (χ1) is 12.0. The Hall–Kier alpha value is -3.05. The van der Waals surface area contributed by atoms with Crippen molar-refractivity contribution in [3.05, 3.63) is 70.7 Å². The van der Waals surface area contributed by atoms with Crippen molar-refractivity contribution in [2.45, 2.75) is 0 Å². The molecule has 3 rings (SSSR count). The maximum atomic E-state index is 12.5. The Morgan fingerprint density at radius 3 is 2.36 bits per heavy atom. The molecule has 1 amide bonds. The molecule has 5 nitrogen and oxygen atoms in total. The van der Waals surface area contributed by atoms with Crippen molar-refractivity contribution in [3.63, 3.8) is 0 Å². The van der Waals surface area contributed by atoms with Crippen LogP contribution in [0.15, 0.2) is 54.6 Å². The van der Waals surface area contributed by atoms with Crippen molar-refractivity contribution < 1.29 is 19.4 Å².